The first kappa shape index (κ1) is 50.8. The average molecular weight is 790 g/mol. The maximum absolute atomic E-state index is 12.9. The van der Waals surface area contributed by atoms with Gasteiger partial charge < -0.3 is 35.2 Å². The van der Waals surface area contributed by atoms with Crippen LogP contribution in [-0.4, -0.2) is 80.4 Å². The van der Waals surface area contributed by atoms with E-state index in [-0.39, 0.29) is 31.4 Å². The molecule has 0 aromatic heterocycles. The SMILES string of the molecule is CCCCC/C=C\C\C=C/C=C/C=C/[C@@H](SC[C@H](N)C(=O)O[C@H](COC(=O)CCCCCCCCC(C)CC)COP(=O)(O)O)[C@@H](O)CCCC(=O)O. The predicted molar refractivity (Wildman–Crippen MR) is 212 cm³/mol. The number of nitrogens with two attached hydrogens (primary N) is 1. The molecule has 0 aromatic carbocycles. The van der Waals surface area contributed by atoms with Gasteiger partial charge in [0.1, 0.15) is 12.6 Å². The third-order valence-corrected chi connectivity index (χ3v) is 10.3. The highest BCUT2D eigenvalue weighted by atomic mass is 32.2. The van der Waals surface area contributed by atoms with Crippen molar-refractivity contribution < 1.29 is 52.9 Å². The third kappa shape index (κ3) is 32.9. The molecule has 53 heavy (non-hydrogen) atoms. The lowest BCUT2D eigenvalue weighted by Crippen LogP contribution is -2.40. The number of aliphatic carboxylic acids is 1. The minimum absolute atomic E-state index is 0.00151. The standard InChI is InChI=1S/C39H68NO11PS/c1-4-6-7-8-9-10-11-12-13-14-18-21-26-36(35(41)25-23-27-37(42)43)53-31-34(40)39(45)51-33(30-50-52(46,47)48)29-49-38(44)28-22-19-16-15-17-20-24-32(3)5-2/h9-10,12-14,18,21,26,32-36,41H,4-8,11,15-17,19-20,22-25,27-31,40H2,1-3H3,(H,42,43)(H2,46,47,48)/b10-9-,13-12-,18-14+,26-21+/t32?,33-,34+,35+,36-/m1/s1. The van der Waals surface area contributed by atoms with Crippen LogP contribution in [0.4, 0.5) is 0 Å². The summed E-state index contributed by atoms with van der Waals surface area (Å²) in [7, 11) is -4.91. The molecule has 0 spiro atoms. The van der Waals surface area contributed by atoms with Crippen LogP contribution in [0, 0.1) is 5.92 Å². The van der Waals surface area contributed by atoms with Gasteiger partial charge in [0.25, 0.3) is 0 Å². The van der Waals surface area contributed by atoms with Crippen molar-refractivity contribution in [1.82, 2.24) is 0 Å². The summed E-state index contributed by atoms with van der Waals surface area (Å²) in [5, 5.41) is 19.3. The van der Waals surface area contributed by atoms with Crippen LogP contribution in [0.15, 0.2) is 48.6 Å². The molecule has 14 heteroatoms. The van der Waals surface area contributed by atoms with Gasteiger partial charge in [-0.1, -0.05) is 127 Å². The maximum atomic E-state index is 12.9. The van der Waals surface area contributed by atoms with Gasteiger partial charge >= 0.3 is 25.7 Å². The Bertz CT molecular complexity index is 1140. The molecular weight excluding hydrogens is 721 g/mol. The first-order valence-electron chi connectivity index (χ1n) is 19.3. The number of phosphoric ester groups is 1. The number of aliphatic hydroxyl groups excluding tert-OH is 1. The summed E-state index contributed by atoms with van der Waals surface area (Å²) in [4.78, 5) is 54.5. The van der Waals surface area contributed by atoms with Crippen LogP contribution >= 0.6 is 19.6 Å². The summed E-state index contributed by atoms with van der Waals surface area (Å²) < 4.78 is 26.4. The summed E-state index contributed by atoms with van der Waals surface area (Å²) >= 11 is 1.18. The molecular formula is C39H68NO11PS. The fourth-order valence-corrected chi connectivity index (χ4v) is 6.43. The van der Waals surface area contributed by atoms with Crippen molar-refractivity contribution in [2.45, 2.75) is 153 Å². The Balaban J connectivity index is 5.06. The molecule has 0 amide bonds. The second kappa shape index (κ2) is 33.1. The summed E-state index contributed by atoms with van der Waals surface area (Å²) in [6.45, 7) is 5.45. The summed E-state index contributed by atoms with van der Waals surface area (Å²) in [6.07, 6.45) is 27.7. The van der Waals surface area contributed by atoms with Crippen LogP contribution in [-0.2, 0) is 32.9 Å². The lowest BCUT2D eigenvalue weighted by Gasteiger charge is -2.23. The van der Waals surface area contributed by atoms with E-state index in [9.17, 15) is 24.1 Å². The van der Waals surface area contributed by atoms with Gasteiger partial charge in [0.2, 0.25) is 0 Å². The van der Waals surface area contributed by atoms with Gasteiger partial charge in [0.15, 0.2) is 6.10 Å². The average Bonchev–Trinajstić information content (AvgIpc) is 3.11. The number of carbonyl (C=O) groups is 3. The Hall–Kier alpha value is -2.25. The van der Waals surface area contributed by atoms with Crippen molar-refractivity contribution in [3.63, 3.8) is 0 Å². The number of thioether (sulfide) groups is 1. The molecule has 0 fully saturated rings. The minimum Gasteiger partial charge on any atom is -0.481 e. The molecule has 0 saturated carbocycles. The minimum atomic E-state index is -4.91. The van der Waals surface area contributed by atoms with Gasteiger partial charge in [-0.25, -0.2) is 4.57 Å². The number of carboxylic acid groups (broad SMARTS) is 1. The van der Waals surface area contributed by atoms with E-state index in [1.807, 2.05) is 18.2 Å². The van der Waals surface area contributed by atoms with Crippen molar-refractivity contribution in [3.05, 3.63) is 48.6 Å². The molecule has 12 nitrogen and oxygen atoms in total. The lowest BCUT2D eigenvalue weighted by atomic mass is 10.00. The van der Waals surface area contributed by atoms with Crippen molar-refractivity contribution in [3.8, 4) is 0 Å². The van der Waals surface area contributed by atoms with Crippen LogP contribution < -0.4 is 5.73 Å². The van der Waals surface area contributed by atoms with Crippen molar-refractivity contribution in [1.29, 1.82) is 0 Å². The summed E-state index contributed by atoms with van der Waals surface area (Å²) in [5.74, 6) is -1.65. The Morgan fingerprint density at radius 3 is 2.21 bits per heavy atom. The third-order valence-electron chi connectivity index (χ3n) is 8.39. The first-order valence-corrected chi connectivity index (χ1v) is 21.8. The monoisotopic (exact) mass is 789 g/mol. The predicted octanol–water partition coefficient (Wildman–Crippen LogP) is 7.96. The van der Waals surface area contributed by atoms with Crippen LogP contribution in [0.25, 0.3) is 0 Å². The van der Waals surface area contributed by atoms with Gasteiger partial charge in [0.05, 0.1) is 12.7 Å². The van der Waals surface area contributed by atoms with Gasteiger partial charge in [-0.05, 0) is 44.4 Å². The van der Waals surface area contributed by atoms with Crippen LogP contribution in [0.2, 0.25) is 0 Å². The highest BCUT2D eigenvalue weighted by molar-refractivity contribution is 8.00. The molecule has 306 valence electrons. The number of unbranched alkanes of at least 4 members (excludes halogenated alkanes) is 8. The largest absolute Gasteiger partial charge is 0.481 e. The first-order chi connectivity index (χ1) is 25.3. The van der Waals surface area contributed by atoms with Gasteiger partial charge in [-0.15, -0.1) is 11.8 Å². The number of aliphatic hydroxyl groups is 1. The molecule has 5 atom stereocenters. The Labute approximate surface area is 322 Å². The number of hydrogen-bond acceptors (Lipinski definition) is 10. The molecule has 0 aliphatic rings. The van der Waals surface area contributed by atoms with Crippen LogP contribution in [0.3, 0.4) is 0 Å². The Kier molecular flexibility index (Phi) is 31.7. The number of esters is 2. The molecule has 0 heterocycles. The highest BCUT2D eigenvalue weighted by Gasteiger charge is 2.27. The molecule has 1 unspecified atom stereocenters. The molecule has 0 rings (SSSR count). The van der Waals surface area contributed by atoms with E-state index >= 15 is 0 Å². The number of carboxylic acids is 1. The molecule has 0 aromatic rings. The molecule has 0 aliphatic heterocycles. The fourth-order valence-electron chi connectivity index (χ4n) is 4.95. The van der Waals surface area contributed by atoms with Crippen molar-refractivity contribution >= 4 is 37.5 Å². The molecule has 0 saturated heterocycles. The number of carbonyl (C=O) groups excluding carboxylic acids is 2. The van der Waals surface area contributed by atoms with Crippen LogP contribution in [0.1, 0.15) is 130 Å². The zero-order chi connectivity index (χ0) is 39.7. The van der Waals surface area contributed by atoms with Crippen LogP contribution in [0.5, 0.6) is 0 Å². The number of ether oxygens (including phenoxy) is 2. The van der Waals surface area contributed by atoms with Crippen molar-refractivity contribution in [2.75, 3.05) is 19.0 Å². The van der Waals surface area contributed by atoms with Gasteiger partial charge in [-0.3, -0.25) is 18.9 Å². The van der Waals surface area contributed by atoms with E-state index < -0.39 is 62.4 Å². The van der Waals surface area contributed by atoms with Crippen molar-refractivity contribution in [2.24, 2.45) is 11.7 Å². The topological polar surface area (TPSA) is 203 Å². The number of rotatable bonds is 34. The normalized spacial score (nSPS) is 15.3. The zero-order valence-corrected chi connectivity index (χ0v) is 33.9. The van der Waals surface area contributed by atoms with E-state index in [0.717, 1.165) is 38.0 Å². The molecule has 0 bridgehead atoms. The number of phosphoric acid groups is 1. The maximum Gasteiger partial charge on any atom is 0.469 e. The molecule has 6 N–H and O–H groups in total. The summed E-state index contributed by atoms with van der Waals surface area (Å²) in [5.41, 5.74) is 6.10. The smallest absolute Gasteiger partial charge is 0.469 e. The Morgan fingerprint density at radius 2 is 1.53 bits per heavy atom. The van der Waals surface area contributed by atoms with Gasteiger partial charge in [0, 0.05) is 23.8 Å². The Morgan fingerprint density at radius 1 is 0.830 bits per heavy atom. The molecule has 0 aliphatic carbocycles. The highest BCUT2D eigenvalue weighted by Crippen LogP contribution is 2.36. The zero-order valence-electron chi connectivity index (χ0n) is 32.2. The number of allylic oxidation sites excluding steroid dienone is 7. The molecule has 0 radical (unpaired) electrons. The van der Waals surface area contributed by atoms with E-state index in [1.165, 1.54) is 56.7 Å². The quantitative estimate of drug-likeness (QED) is 0.0138. The second-order valence-corrected chi connectivity index (χ2v) is 15.8. The number of hydrogen-bond donors (Lipinski definition) is 5. The van der Waals surface area contributed by atoms with E-state index in [2.05, 4.69) is 37.4 Å². The van der Waals surface area contributed by atoms with E-state index in [0.29, 0.717) is 6.42 Å². The fraction of sp³-hybridized carbons (Fsp3) is 0.718. The van der Waals surface area contributed by atoms with E-state index in [4.69, 9.17) is 30.1 Å². The second-order valence-electron chi connectivity index (χ2n) is 13.4. The lowest BCUT2D eigenvalue weighted by molar-refractivity contribution is -0.161. The summed E-state index contributed by atoms with van der Waals surface area (Å²) in [6, 6.07) is -1.20. The van der Waals surface area contributed by atoms with E-state index in [1.54, 1.807) is 18.2 Å². The van der Waals surface area contributed by atoms with Gasteiger partial charge in [-0.2, -0.15) is 0 Å².